The standard InChI is InChI=1S/C20H23N3O2/c24-19(25)15-6-7-18(21-11-15)23-13-20(8-9-20)12-22-17-10-16(17)14-4-2-1-3-5-14/h1-7,11,16-17,22H,8-10,12-13H2,(H,21,23)(H,24,25)/t16-,17?/m1/s1. The zero-order chi connectivity index (χ0) is 17.3. The summed E-state index contributed by atoms with van der Waals surface area (Å²) in [6.07, 6.45) is 5.08. The Labute approximate surface area is 147 Å². The van der Waals surface area contributed by atoms with Gasteiger partial charge in [0.25, 0.3) is 0 Å². The van der Waals surface area contributed by atoms with Crippen LogP contribution in [0.4, 0.5) is 5.82 Å². The third kappa shape index (κ3) is 3.82. The van der Waals surface area contributed by atoms with Crippen LogP contribution in [0.5, 0.6) is 0 Å². The van der Waals surface area contributed by atoms with E-state index in [0.29, 0.717) is 17.4 Å². The molecule has 4 rings (SSSR count). The number of anilines is 1. The summed E-state index contributed by atoms with van der Waals surface area (Å²) >= 11 is 0. The third-order valence-electron chi connectivity index (χ3n) is 5.37. The highest BCUT2D eigenvalue weighted by atomic mass is 16.4. The summed E-state index contributed by atoms with van der Waals surface area (Å²) in [7, 11) is 0. The van der Waals surface area contributed by atoms with Crippen molar-refractivity contribution >= 4 is 11.8 Å². The number of hydrogen-bond acceptors (Lipinski definition) is 4. The number of nitrogens with one attached hydrogen (secondary N) is 2. The number of carbonyl (C=O) groups is 1. The minimum absolute atomic E-state index is 0.217. The van der Waals surface area contributed by atoms with E-state index in [-0.39, 0.29) is 5.56 Å². The second-order valence-corrected chi connectivity index (χ2v) is 7.33. The fourth-order valence-electron chi connectivity index (χ4n) is 3.33. The molecule has 2 aliphatic rings. The third-order valence-corrected chi connectivity index (χ3v) is 5.37. The summed E-state index contributed by atoms with van der Waals surface area (Å²) in [5, 5.41) is 16.0. The van der Waals surface area contributed by atoms with Gasteiger partial charge in [0.2, 0.25) is 0 Å². The van der Waals surface area contributed by atoms with Crippen molar-refractivity contribution in [2.75, 3.05) is 18.4 Å². The van der Waals surface area contributed by atoms with E-state index in [1.165, 1.54) is 31.0 Å². The Hall–Kier alpha value is -2.40. The summed E-state index contributed by atoms with van der Waals surface area (Å²) in [5.74, 6) is 0.458. The minimum Gasteiger partial charge on any atom is -0.478 e. The van der Waals surface area contributed by atoms with Gasteiger partial charge in [0.1, 0.15) is 5.82 Å². The average Bonchev–Trinajstić information content (AvgIpc) is 3.55. The van der Waals surface area contributed by atoms with Gasteiger partial charge in [0.05, 0.1) is 5.56 Å². The molecular formula is C20H23N3O2. The molecular weight excluding hydrogens is 314 g/mol. The van der Waals surface area contributed by atoms with Crippen molar-refractivity contribution in [3.05, 3.63) is 59.8 Å². The molecule has 1 heterocycles. The molecule has 2 aromatic rings. The second-order valence-electron chi connectivity index (χ2n) is 7.33. The zero-order valence-electron chi connectivity index (χ0n) is 14.1. The Morgan fingerprint density at radius 1 is 1.16 bits per heavy atom. The predicted octanol–water partition coefficient (Wildman–Crippen LogP) is 3.12. The molecule has 2 atom stereocenters. The first kappa shape index (κ1) is 16.1. The monoisotopic (exact) mass is 337 g/mol. The number of carboxylic acid groups (broad SMARTS) is 1. The first-order valence-electron chi connectivity index (χ1n) is 8.87. The topological polar surface area (TPSA) is 74.2 Å². The van der Waals surface area contributed by atoms with Gasteiger partial charge in [-0.3, -0.25) is 0 Å². The molecule has 1 unspecified atom stereocenters. The SMILES string of the molecule is O=C(O)c1ccc(NCC2(CNC3C[C@@H]3c3ccccc3)CC2)nc1. The van der Waals surface area contributed by atoms with Gasteiger partial charge in [-0.2, -0.15) is 0 Å². The van der Waals surface area contributed by atoms with E-state index < -0.39 is 5.97 Å². The van der Waals surface area contributed by atoms with Gasteiger partial charge in [-0.25, -0.2) is 9.78 Å². The lowest BCUT2D eigenvalue weighted by Crippen LogP contribution is -2.31. The molecule has 0 bridgehead atoms. The number of hydrogen-bond donors (Lipinski definition) is 3. The first-order valence-corrected chi connectivity index (χ1v) is 8.87. The molecule has 0 aliphatic heterocycles. The molecule has 25 heavy (non-hydrogen) atoms. The molecule has 130 valence electrons. The first-order chi connectivity index (χ1) is 12.2. The summed E-state index contributed by atoms with van der Waals surface area (Å²) in [6.45, 7) is 1.91. The Kier molecular flexibility index (Phi) is 4.17. The van der Waals surface area contributed by atoms with Crippen molar-refractivity contribution in [3.8, 4) is 0 Å². The maximum Gasteiger partial charge on any atom is 0.337 e. The number of carboxylic acids is 1. The van der Waals surface area contributed by atoms with Crippen molar-refractivity contribution in [2.24, 2.45) is 5.41 Å². The Balaban J connectivity index is 1.24. The van der Waals surface area contributed by atoms with Gasteiger partial charge in [-0.15, -0.1) is 0 Å². The summed E-state index contributed by atoms with van der Waals surface area (Å²) in [5.41, 5.74) is 1.97. The molecule has 2 aliphatic carbocycles. The number of benzene rings is 1. The molecule has 3 N–H and O–H groups in total. The summed E-state index contributed by atoms with van der Waals surface area (Å²) in [4.78, 5) is 15.0. The molecule has 5 nitrogen and oxygen atoms in total. The van der Waals surface area contributed by atoms with E-state index >= 15 is 0 Å². The lowest BCUT2D eigenvalue weighted by Gasteiger charge is -2.17. The summed E-state index contributed by atoms with van der Waals surface area (Å²) < 4.78 is 0. The van der Waals surface area contributed by atoms with Crippen molar-refractivity contribution in [1.82, 2.24) is 10.3 Å². The highest BCUT2D eigenvalue weighted by Gasteiger charge is 2.45. The smallest absolute Gasteiger partial charge is 0.337 e. The van der Waals surface area contributed by atoms with E-state index in [9.17, 15) is 4.79 Å². The highest BCUT2D eigenvalue weighted by Crippen LogP contribution is 2.47. The fourth-order valence-corrected chi connectivity index (χ4v) is 3.33. The number of nitrogens with zero attached hydrogens (tertiary/aromatic N) is 1. The van der Waals surface area contributed by atoms with E-state index in [4.69, 9.17) is 5.11 Å². The average molecular weight is 337 g/mol. The number of aromatic carboxylic acids is 1. The van der Waals surface area contributed by atoms with Gasteiger partial charge in [0, 0.05) is 36.7 Å². The highest BCUT2D eigenvalue weighted by molar-refractivity contribution is 5.87. The second kappa shape index (κ2) is 6.48. The van der Waals surface area contributed by atoms with Crippen LogP contribution in [0.15, 0.2) is 48.7 Å². The molecule has 5 heteroatoms. The van der Waals surface area contributed by atoms with Gasteiger partial charge < -0.3 is 15.7 Å². The molecule has 0 spiro atoms. The van der Waals surface area contributed by atoms with Crippen LogP contribution in [0.25, 0.3) is 0 Å². The molecule has 0 radical (unpaired) electrons. The van der Waals surface area contributed by atoms with Crippen LogP contribution < -0.4 is 10.6 Å². The quantitative estimate of drug-likeness (QED) is 0.690. The number of rotatable bonds is 8. The molecule has 1 aromatic heterocycles. The van der Waals surface area contributed by atoms with Gasteiger partial charge in [-0.05, 0) is 37.0 Å². The molecule has 2 saturated carbocycles. The maximum absolute atomic E-state index is 10.9. The van der Waals surface area contributed by atoms with Crippen LogP contribution in [0, 0.1) is 5.41 Å². The van der Waals surface area contributed by atoms with Crippen LogP contribution >= 0.6 is 0 Å². The maximum atomic E-state index is 10.9. The molecule has 0 saturated heterocycles. The van der Waals surface area contributed by atoms with Crippen LogP contribution in [0.2, 0.25) is 0 Å². The van der Waals surface area contributed by atoms with Gasteiger partial charge in [-0.1, -0.05) is 30.3 Å². The van der Waals surface area contributed by atoms with Crippen molar-refractivity contribution in [3.63, 3.8) is 0 Å². The molecule has 1 aromatic carbocycles. The minimum atomic E-state index is -0.945. The van der Waals surface area contributed by atoms with Crippen LogP contribution in [-0.4, -0.2) is 35.2 Å². The van der Waals surface area contributed by atoms with Crippen molar-refractivity contribution in [1.29, 1.82) is 0 Å². The largest absolute Gasteiger partial charge is 0.478 e. The van der Waals surface area contributed by atoms with E-state index in [0.717, 1.165) is 18.9 Å². The predicted molar refractivity (Wildman–Crippen MR) is 96.9 cm³/mol. The van der Waals surface area contributed by atoms with E-state index in [1.54, 1.807) is 12.1 Å². The van der Waals surface area contributed by atoms with Gasteiger partial charge >= 0.3 is 5.97 Å². The van der Waals surface area contributed by atoms with Gasteiger partial charge in [0.15, 0.2) is 0 Å². The lowest BCUT2D eigenvalue weighted by molar-refractivity contribution is 0.0696. The fraction of sp³-hybridized carbons (Fsp3) is 0.400. The number of aromatic nitrogens is 1. The zero-order valence-corrected chi connectivity index (χ0v) is 14.1. The van der Waals surface area contributed by atoms with Crippen molar-refractivity contribution < 1.29 is 9.90 Å². The van der Waals surface area contributed by atoms with Crippen LogP contribution in [0.3, 0.4) is 0 Å². The molecule has 2 fully saturated rings. The lowest BCUT2D eigenvalue weighted by atomic mass is 10.1. The number of pyridine rings is 1. The Morgan fingerprint density at radius 2 is 1.96 bits per heavy atom. The summed E-state index contributed by atoms with van der Waals surface area (Å²) in [6, 6.07) is 14.6. The van der Waals surface area contributed by atoms with Crippen LogP contribution in [0.1, 0.15) is 41.1 Å². The van der Waals surface area contributed by atoms with E-state index in [2.05, 4.69) is 45.9 Å². The Morgan fingerprint density at radius 3 is 2.60 bits per heavy atom. The van der Waals surface area contributed by atoms with Crippen molar-refractivity contribution in [2.45, 2.75) is 31.2 Å². The molecule has 0 amide bonds. The Bertz CT molecular complexity index is 741. The van der Waals surface area contributed by atoms with E-state index in [1.807, 2.05) is 0 Å². The van der Waals surface area contributed by atoms with Crippen LogP contribution in [-0.2, 0) is 0 Å². The normalized spacial score (nSPS) is 23.0.